The molecule has 4 heterocycles. The molecule has 53 heavy (non-hydrogen) atoms. The van der Waals surface area contributed by atoms with Crippen molar-refractivity contribution >= 4 is 77.3 Å². The van der Waals surface area contributed by atoms with Gasteiger partial charge in [-0.2, -0.15) is 8.75 Å². The Hall–Kier alpha value is -0.670. The van der Waals surface area contributed by atoms with E-state index in [4.69, 9.17) is 13.7 Å². The van der Waals surface area contributed by atoms with Gasteiger partial charge in [0.2, 0.25) is 0 Å². The lowest BCUT2D eigenvalue weighted by Gasteiger charge is -2.17. The van der Waals surface area contributed by atoms with Crippen LogP contribution in [0.3, 0.4) is 0 Å². The van der Waals surface area contributed by atoms with Crippen molar-refractivity contribution in [1.82, 2.24) is 13.7 Å². The molecule has 4 aromatic rings. The van der Waals surface area contributed by atoms with Crippen molar-refractivity contribution in [2.75, 3.05) is 0 Å². The molecule has 0 aromatic carbocycles. The highest BCUT2D eigenvalue weighted by Crippen LogP contribution is 2.43. The fourth-order valence-electron chi connectivity index (χ4n) is 7.94. The number of nitrogens with zero attached hydrogens (tertiary/aromatic N) is 3. The van der Waals surface area contributed by atoms with Crippen molar-refractivity contribution in [1.29, 1.82) is 0 Å². The van der Waals surface area contributed by atoms with E-state index >= 15 is 0 Å². The number of unbranched alkanes of at least 4 members (excludes halogenated alkanes) is 16. The summed E-state index contributed by atoms with van der Waals surface area (Å²) in [7, 11) is 0. The van der Waals surface area contributed by atoms with E-state index in [2.05, 4.69) is 77.9 Å². The Morgan fingerprint density at radius 3 is 1.40 bits per heavy atom. The van der Waals surface area contributed by atoms with E-state index in [1.165, 1.54) is 194 Å². The lowest BCUT2D eigenvalue weighted by Crippen LogP contribution is -2.05. The van der Waals surface area contributed by atoms with Crippen LogP contribution < -0.4 is 0 Å². The van der Waals surface area contributed by atoms with E-state index in [1.807, 2.05) is 22.7 Å². The van der Waals surface area contributed by atoms with Crippen molar-refractivity contribution < 1.29 is 0 Å². The standard InChI is InChI=1S/C45H69Br2N3S3/c1-5-9-13-17-19-23-27-34(25-21-15-11-7-3)29-36-31-39(51-44(36)46)38-33-48-42(43-41(38)49-53-50-43)40-32-37(45(47)52-40)30-35(26-22-16-12-8-4)28-24-20-18-14-10-6-2/h31-35H,5-30H2,1-4H3. The normalized spacial score (nSPS) is 13.0. The highest BCUT2D eigenvalue weighted by molar-refractivity contribution is 9.11. The molecule has 0 aliphatic rings. The molecule has 0 bridgehead atoms. The molecule has 0 fully saturated rings. The van der Waals surface area contributed by atoms with Gasteiger partial charge in [-0.1, -0.05) is 182 Å². The molecule has 0 saturated heterocycles. The van der Waals surface area contributed by atoms with Crippen molar-refractivity contribution in [3.05, 3.63) is 37.0 Å². The Kier molecular flexibility index (Phi) is 22.3. The minimum Gasteiger partial charge on any atom is -0.252 e. The second kappa shape index (κ2) is 26.3. The van der Waals surface area contributed by atoms with Crippen LogP contribution in [-0.4, -0.2) is 13.7 Å². The third-order valence-corrected chi connectivity index (χ3v) is 15.7. The number of fused-ring (bicyclic) bond motifs is 1. The number of hydrogen-bond acceptors (Lipinski definition) is 6. The monoisotopic (exact) mass is 905 g/mol. The van der Waals surface area contributed by atoms with Crippen molar-refractivity contribution in [3.63, 3.8) is 0 Å². The first-order valence-electron chi connectivity index (χ1n) is 21.7. The fourth-order valence-corrected chi connectivity index (χ4v) is 11.9. The van der Waals surface area contributed by atoms with Crippen LogP contribution in [0.1, 0.15) is 193 Å². The Bertz CT molecular complexity index is 1450. The van der Waals surface area contributed by atoms with Crippen LogP contribution in [0.4, 0.5) is 0 Å². The lowest BCUT2D eigenvalue weighted by atomic mass is 9.89. The second-order valence-electron chi connectivity index (χ2n) is 15.8. The SMILES string of the molecule is CCCCCCCCC(CCCCCC)Cc1cc(-c2cnc(-c3cc(CC(CCCCCC)CCCCCCCC)c(Br)s3)c3nsnc23)sc1Br. The quantitative estimate of drug-likeness (QED) is 0.0489. The van der Waals surface area contributed by atoms with Gasteiger partial charge in [-0.25, -0.2) is 0 Å². The molecule has 2 unspecified atom stereocenters. The first-order valence-corrected chi connectivity index (χ1v) is 25.6. The predicted octanol–water partition coefficient (Wildman–Crippen LogP) is 17.8. The molecule has 4 aromatic heterocycles. The van der Waals surface area contributed by atoms with Crippen LogP contribution in [-0.2, 0) is 12.8 Å². The summed E-state index contributed by atoms with van der Waals surface area (Å²) in [6.07, 6.45) is 37.0. The van der Waals surface area contributed by atoms with Crippen LogP contribution in [0.15, 0.2) is 25.9 Å². The summed E-state index contributed by atoms with van der Waals surface area (Å²) in [6.45, 7) is 9.24. The Morgan fingerprint density at radius 2 is 0.906 bits per heavy atom. The first kappa shape index (κ1) is 45.0. The molecular formula is C45H69Br2N3S3. The van der Waals surface area contributed by atoms with Gasteiger partial charge in [-0.05, 0) is 79.8 Å². The summed E-state index contributed by atoms with van der Waals surface area (Å²) in [6, 6.07) is 4.83. The molecule has 296 valence electrons. The maximum absolute atomic E-state index is 5.13. The third kappa shape index (κ3) is 15.3. The van der Waals surface area contributed by atoms with Crippen LogP contribution >= 0.6 is 66.3 Å². The van der Waals surface area contributed by atoms with Gasteiger partial charge in [-0.3, -0.25) is 4.98 Å². The topological polar surface area (TPSA) is 38.7 Å². The molecule has 0 N–H and O–H groups in total. The van der Waals surface area contributed by atoms with Gasteiger partial charge in [0.15, 0.2) is 0 Å². The van der Waals surface area contributed by atoms with E-state index in [0.717, 1.165) is 47.0 Å². The molecule has 4 rings (SSSR count). The Balaban J connectivity index is 1.47. The van der Waals surface area contributed by atoms with Crippen molar-refractivity contribution in [2.24, 2.45) is 11.8 Å². The maximum atomic E-state index is 5.13. The highest BCUT2D eigenvalue weighted by Gasteiger charge is 2.22. The van der Waals surface area contributed by atoms with E-state index < -0.39 is 0 Å². The summed E-state index contributed by atoms with van der Waals surface area (Å²) >= 11 is 13.0. The predicted molar refractivity (Wildman–Crippen MR) is 245 cm³/mol. The smallest absolute Gasteiger partial charge is 0.132 e. The van der Waals surface area contributed by atoms with Crippen LogP contribution in [0.2, 0.25) is 0 Å². The number of hydrogen-bond donors (Lipinski definition) is 0. The zero-order valence-electron chi connectivity index (χ0n) is 33.6. The summed E-state index contributed by atoms with van der Waals surface area (Å²) in [5.74, 6) is 1.51. The number of aromatic nitrogens is 3. The van der Waals surface area contributed by atoms with Crippen molar-refractivity contribution in [3.8, 4) is 21.0 Å². The summed E-state index contributed by atoms with van der Waals surface area (Å²) < 4.78 is 12.2. The number of thiophene rings is 2. The highest BCUT2D eigenvalue weighted by atomic mass is 79.9. The zero-order valence-corrected chi connectivity index (χ0v) is 39.2. The van der Waals surface area contributed by atoms with Gasteiger partial charge >= 0.3 is 0 Å². The number of halogens is 2. The molecule has 0 aliphatic carbocycles. The fraction of sp³-hybridized carbons (Fsp3) is 0.711. The van der Waals surface area contributed by atoms with Crippen molar-refractivity contribution in [2.45, 2.75) is 195 Å². The van der Waals surface area contributed by atoms with Crippen LogP contribution in [0.5, 0.6) is 0 Å². The van der Waals surface area contributed by atoms with Gasteiger partial charge < -0.3 is 0 Å². The molecule has 0 amide bonds. The summed E-state index contributed by atoms with van der Waals surface area (Å²) in [5, 5.41) is 0. The molecule has 2 atom stereocenters. The number of rotatable bonds is 30. The van der Waals surface area contributed by atoms with Crippen LogP contribution in [0.25, 0.3) is 32.0 Å². The summed E-state index contributed by atoms with van der Waals surface area (Å²) in [5.41, 5.74) is 6.92. The van der Waals surface area contributed by atoms with E-state index in [-0.39, 0.29) is 0 Å². The average Bonchev–Trinajstić information content (AvgIpc) is 3.89. The maximum Gasteiger partial charge on any atom is 0.132 e. The average molecular weight is 908 g/mol. The molecule has 0 spiro atoms. The lowest BCUT2D eigenvalue weighted by molar-refractivity contribution is 0.402. The van der Waals surface area contributed by atoms with E-state index in [1.54, 1.807) is 0 Å². The number of pyridine rings is 1. The minimum absolute atomic E-state index is 0.751. The molecule has 0 saturated carbocycles. The van der Waals surface area contributed by atoms with E-state index in [9.17, 15) is 0 Å². The minimum atomic E-state index is 0.751. The van der Waals surface area contributed by atoms with Gasteiger partial charge in [0.1, 0.15) is 16.7 Å². The molecule has 0 aliphatic heterocycles. The van der Waals surface area contributed by atoms with E-state index in [0.29, 0.717) is 0 Å². The molecule has 0 radical (unpaired) electrons. The van der Waals surface area contributed by atoms with Gasteiger partial charge in [0.25, 0.3) is 0 Å². The molecule has 8 heteroatoms. The third-order valence-electron chi connectivity index (χ3n) is 11.2. The molecule has 3 nitrogen and oxygen atoms in total. The first-order chi connectivity index (χ1) is 26.0. The van der Waals surface area contributed by atoms with Gasteiger partial charge in [0.05, 0.1) is 24.2 Å². The zero-order chi connectivity index (χ0) is 37.7. The largest absolute Gasteiger partial charge is 0.252 e. The van der Waals surface area contributed by atoms with Crippen LogP contribution in [0, 0.1) is 11.8 Å². The Labute approximate surface area is 353 Å². The van der Waals surface area contributed by atoms with Gasteiger partial charge in [0, 0.05) is 16.6 Å². The summed E-state index contributed by atoms with van der Waals surface area (Å²) in [4.78, 5) is 7.58. The van der Waals surface area contributed by atoms with Gasteiger partial charge in [-0.15, -0.1) is 22.7 Å². The molecular weight excluding hydrogens is 839 g/mol. The second-order valence-corrected chi connectivity index (χ2v) is 21.0. The Morgan fingerprint density at radius 1 is 0.509 bits per heavy atom.